The SMILES string of the molecule is O=C(CCCC(=O)Oc1ccc(F)c(F)c1F)OCC(F)(F)C(F)(F)C(F)(F)C(F)F. The van der Waals surface area contributed by atoms with Crippen molar-refractivity contribution in [3.05, 3.63) is 29.6 Å². The van der Waals surface area contributed by atoms with Gasteiger partial charge in [-0.25, -0.2) is 17.6 Å². The number of rotatable bonds is 10. The largest absolute Gasteiger partial charge is 0.459 e. The molecule has 0 spiro atoms. The third-order valence-electron chi connectivity index (χ3n) is 3.55. The van der Waals surface area contributed by atoms with Crippen LogP contribution in [0.1, 0.15) is 19.3 Å². The molecule has 0 aliphatic carbocycles. The van der Waals surface area contributed by atoms with E-state index >= 15 is 0 Å². The molecule has 0 saturated carbocycles. The van der Waals surface area contributed by atoms with Crippen LogP contribution < -0.4 is 4.74 Å². The Bertz CT molecular complexity index is 811. The second-order valence-electron chi connectivity index (χ2n) is 5.86. The Hall–Kier alpha value is -2.61. The summed E-state index contributed by atoms with van der Waals surface area (Å²) in [5.41, 5.74) is 0. The Morgan fingerprint density at radius 3 is 1.97 bits per heavy atom. The first-order chi connectivity index (χ1) is 14.0. The van der Waals surface area contributed by atoms with Gasteiger partial charge in [-0.3, -0.25) is 9.59 Å². The van der Waals surface area contributed by atoms with Gasteiger partial charge in [0.25, 0.3) is 0 Å². The van der Waals surface area contributed by atoms with Crippen LogP contribution in [0.4, 0.5) is 48.3 Å². The third-order valence-corrected chi connectivity index (χ3v) is 3.55. The first-order valence-corrected chi connectivity index (χ1v) is 7.96. The van der Waals surface area contributed by atoms with Gasteiger partial charge in [0.05, 0.1) is 0 Å². The van der Waals surface area contributed by atoms with E-state index in [4.69, 9.17) is 0 Å². The third kappa shape index (κ3) is 5.97. The molecule has 0 fully saturated rings. The maximum absolute atomic E-state index is 13.3. The molecule has 0 aliphatic rings. The molecule has 0 aliphatic heterocycles. The highest BCUT2D eigenvalue weighted by Gasteiger charge is 2.75. The molecule has 15 heteroatoms. The van der Waals surface area contributed by atoms with E-state index in [2.05, 4.69) is 9.47 Å². The van der Waals surface area contributed by atoms with Crippen LogP contribution in [0.5, 0.6) is 5.75 Å². The van der Waals surface area contributed by atoms with Crippen LogP contribution >= 0.6 is 0 Å². The van der Waals surface area contributed by atoms with Crippen LogP contribution in [0.25, 0.3) is 0 Å². The summed E-state index contributed by atoms with van der Waals surface area (Å²) in [6.45, 7) is -2.66. The van der Waals surface area contributed by atoms with Gasteiger partial charge in [0, 0.05) is 12.8 Å². The number of benzene rings is 1. The number of carbonyl (C=O) groups excluding carboxylic acids is 2. The predicted octanol–water partition coefficient (Wildman–Crippen LogP) is 4.89. The van der Waals surface area contributed by atoms with Crippen molar-refractivity contribution in [1.29, 1.82) is 0 Å². The van der Waals surface area contributed by atoms with Gasteiger partial charge in [0.2, 0.25) is 5.82 Å². The van der Waals surface area contributed by atoms with Gasteiger partial charge in [-0.05, 0) is 18.6 Å². The molecular weight excluding hydrogens is 465 g/mol. The minimum absolute atomic E-state index is 0.436. The lowest BCUT2D eigenvalue weighted by atomic mass is 10.1. The van der Waals surface area contributed by atoms with Gasteiger partial charge in [-0.2, -0.15) is 30.7 Å². The fourth-order valence-corrected chi connectivity index (χ4v) is 1.85. The van der Waals surface area contributed by atoms with E-state index in [1.165, 1.54) is 0 Å². The number of carbonyl (C=O) groups is 2. The van der Waals surface area contributed by atoms with Crippen molar-refractivity contribution in [2.24, 2.45) is 0 Å². The molecular formula is C16H11F11O4. The number of hydrogen-bond donors (Lipinski definition) is 0. The van der Waals surface area contributed by atoms with Crippen molar-refractivity contribution < 1.29 is 67.4 Å². The summed E-state index contributed by atoms with van der Waals surface area (Å²) in [5, 5.41) is 0. The van der Waals surface area contributed by atoms with Crippen LogP contribution in [-0.2, 0) is 14.3 Å². The molecule has 0 atom stereocenters. The van der Waals surface area contributed by atoms with Gasteiger partial charge < -0.3 is 9.47 Å². The molecule has 4 nitrogen and oxygen atoms in total. The summed E-state index contributed by atoms with van der Waals surface area (Å²) in [6.07, 6.45) is -7.38. The molecule has 0 saturated heterocycles. The molecule has 0 N–H and O–H groups in total. The van der Waals surface area contributed by atoms with Gasteiger partial charge >= 0.3 is 36.1 Å². The quantitative estimate of drug-likeness (QED) is 0.209. The van der Waals surface area contributed by atoms with E-state index in [0.717, 1.165) is 0 Å². The lowest BCUT2D eigenvalue weighted by molar-refractivity contribution is -0.344. The van der Waals surface area contributed by atoms with E-state index in [0.29, 0.717) is 12.1 Å². The van der Waals surface area contributed by atoms with E-state index in [1.807, 2.05) is 0 Å². The highest BCUT2D eigenvalue weighted by Crippen LogP contribution is 2.48. The zero-order valence-corrected chi connectivity index (χ0v) is 14.9. The van der Waals surface area contributed by atoms with E-state index < -0.39 is 85.2 Å². The topological polar surface area (TPSA) is 52.6 Å². The highest BCUT2D eigenvalue weighted by atomic mass is 19.4. The minimum atomic E-state index is -6.55. The van der Waals surface area contributed by atoms with Crippen LogP contribution in [0.2, 0.25) is 0 Å². The van der Waals surface area contributed by atoms with Crippen LogP contribution in [-0.4, -0.2) is 42.7 Å². The zero-order chi connectivity index (χ0) is 24.2. The molecule has 1 aromatic rings. The molecule has 0 bridgehead atoms. The summed E-state index contributed by atoms with van der Waals surface area (Å²) in [6, 6.07) is 1.00. The van der Waals surface area contributed by atoms with E-state index in [9.17, 15) is 57.9 Å². The molecule has 1 rings (SSSR count). The van der Waals surface area contributed by atoms with Crippen molar-refractivity contribution in [1.82, 2.24) is 0 Å². The first kappa shape index (κ1) is 26.4. The van der Waals surface area contributed by atoms with Crippen molar-refractivity contribution in [3.63, 3.8) is 0 Å². The molecule has 0 heterocycles. The Balaban J connectivity index is 2.54. The summed E-state index contributed by atoms with van der Waals surface area (Å²) in [5.74, 6) is -28.2. The van der Waals surface area contributed by atoms with Crippen LogP contribution in [0, 0.1) is 17.5 Å². The zero-order valence-electron chi connectivity index (χ0n) is 14.9. The average molecular weight is 476 g/mol. The van der Waals surface area contributed by atoms with E-state index in [-0.39, 0.29) is 0 Å². The highest BCUT2D eigenvalue weighted by molar-refractivity contribution is 5.74. The number of alkyl halides is 8. The summed E-state index contributed by atoms with van der Waals surface area (Å²) < 4.78 is 149. The molecule has 31 heavy (non-hydrogen) atoms. The molecule has 0 amide bonds. The Morgan fingerprint density at radius 2 is 1.42 bits per heavy atom. The molecule has 0 aromatic heterocycles. The average Bonchev–Trinajstić information content (AvgIpc) is 2.66. The molecule has 1 aromatic carbocycles. The van der Waals surface area contributed by atoms with Crippen molar-refractivity contribution >= 4 is 11.9 Å². The normalized spacial score (nSPS) is 12.8. The van der Waals surface area contributed by atoms with Crippen molar-refractivity contribution in [2.75, 3.05) is 6.61 Å². The number of halogens is 11. The van der Waals surface area contributed by atoms with Gasteiger partial charge in [-0.1, -0.05) is 0 Å². The number of esters is 2. The molecule has 0 radical (unpaired) electrons. The smallest absolute Gasteiger partial charge is 0.381 e. The first-order valence-electron chi connectivity index (χ1n) is 7.96. The van der Waals surface area contributed by atoms with Gasteiger partial charge in [0.15, 0.2) is 24.0 Å². The Kier molecular flexibility index (Phi) is 8.25. The van der Waals surface area contributed by atoms with Gasteiger partial charge in [0.1, 0.15) is 0 Å². The summed E-state index contributed by atoms with van der Waals surface area (Å²) in [7, 11) is 0. The lowest BCUT2D eigenvalue weighted by Crippen LogP contribution is -2.59. The van der Waals surface area contributed by atoms with E-state index in [1.54, 1.807) is 0 Å². The summed E-state index contributed by atoms with van der Waals surface area (Å²) >= 11 is 0. The Labute approximate surface area is 165 Å². The van der Waals surface area contributed by atoms with Gasteiger partial charge in [-0.15, -0.1) is 0 Å². The van der Waals surface area contributed by atoms with Crippen molar-refractivity contribution in [2.45, 2.75) is 43.5 Å². The summed E-state index contributed by atoms with van der Waals surface area (Å²) in [4.78, 5) is 22.7. The standard InChI is InChI=1S/C16H11F11O4/c17-7-4-5-8(12(19)11(7)18)31-10(29)3-1-2-9(28)30-6-14(22,23)16(26,27)15(24,25)13(20)21/h4-5,13H,1-3,6H2. The number of ether oxygens (including phenoxy) is 2. The predicted molar refractivity (Wildman–Crippen MR) is 77.6 cm³/mol. The fraction of sp³-hybridized carbons (Fsp3) is 0.500. The maximum atomic E-state index is 13.3. The monoisotopic (exact) mass is 476 g/mol. The second-order valence-corrected chi connectivity index (χ2v) is 5.86. The molecule has 0 unspecified atom stereocenters. The fourth-order valence-electron chi connectivity index (χ4n) is 1.85. The maximum Gasteiger partial charge on any atom is 0.381 e. The van der Waals surface area contributed by atoms with Crippen LogP contribution in [0.3, 0.4) is 0 Å². The van der Waals surface area contributed by atoms with Crippen molar-refractivity contribution in [3.8, 4) is 5.75 Å². The number of hydrogen-bond acceptors (Lipinski definition) is 4. The minimum Gasteiger partial charge on any atom is -0.459 e. The molecule has 176 valence electrons. The lowest BCUT2D eigenvalue weighted by Gasteiger charge is -2.31. The second kappa shape index (κ2) is 9.68. The Morgan fingerprint density at radius 1 is 0.871 bits per heavy atom. The van der Waals surface area contributed by atoms with Crippen LogP contribution in [0.15, 0.2) is 12.1 Å².